The number of aromatic nitrogens is 1. The average Bonchev–Trinajstić information content (AvgIpc) is 2.78. The summed E-state index contributed by atoms with van der Waals surface area (Å²) < 4.78 is 44.6. The van der Waals surface area contributed by atoms with Crippen LogP contribution >= 0.6 is 11.6 Å². The number of rotatable bonds is 8. The first-order valence-corrected chi connectivity index (χ1v) is 10.7. The molecular formula is C23H25ClF3N3O2. The summed E-state index contributed by atoms with van der Waals surface area (Å²) in [6, 6.07) is 7.25. The second kappa shape index (κ2) is 11.4. The Morgan fingerprint density at radius 2 is 1.91 bits per heavy atom. The van der Waals surface area contributed by atoms with Crippen LogP contribution in [0, 0.1) is 0 Å². The van der Waals surface area contributed by atoms with E-state index in [1.165, 1.54) is 24.3 Å². The molecule has 0 unspecified atom stereocenters. The summed E-state index contributed by atoms with van der Waals surface area (Å²) >= 11 is 5.67. The van der Waals surface area contributed by atoms with Crippen molar-refractivity contribution in [3.05, 3.63) is 70.5 Å². The van der Waals surface area contributed by atoms with Gasteiger partial charge in [0.25, 0.3) is 0 Å². The molecule has 9 heteroatoms. The lowest BCUT2D eigenvalue weighted by Crippen LogP contribution is -2.38. The third-order valence-corrected chi connectivity index (χ3v) is 5.48. The maximum Gasteiger partial charge on any atom is 0.417 e. The van der Waals surface area contributed by atoms with Crippen molar-refractivity contribution in [1.82, 2.24) is 14.8 Å². The second-order valence-electron chi connectivity index (χ2n) is 7.49. The van der Waals surface area contributed by atoms with Gasteiger partial charge in [-0.25, -0.2) is 0 Å². The number of amides is 1. The summed E-state index contributed by atoms with van der Waals surface area (Å²) in [5, 5.41) is -0.372. The molecule has 1 fully saturated rings. The highest BCUT2D eigenvalue weighted by Crippen LogP contribution is 2.35. The number of halogens is 4. The fourth-order valence-electron chi connectivity index (χ4n) is 3.42. The lowest BCUT2D eigenvalue weighted by Gasteiger charge is -2.28. The van der Waals surface area contributed by atoms with Crippen LogP contribution in [-0.2, 0) is 22.3 Å². The van der Waals surface area contributed by atoms with Crippen LogP contribution in [0.2, 0.25) is 5.02 Å². The molecule has 2 heterocycles. The number of nitrogens with zero attached hydrogens (tertiary/aromatic N) is 3. The van der Waals surface area contributed by atoms with Crippen molar-refractivity contribution < 1.29 is 22.7 Å². The monoisotopic (exact) mass is 467 g/mol. The Kier molecular flexibility index (Phi) is 8.67. The maximum atomic E-state index is 13.1. The molecule has 32 heavy (non-hydrogen) atoms. The zero-order valence-electron chi connectivity index (χ0n) is 17.5. The predicted octanol–water partition coefficient (Wildman–Crippen LogP) is 4.52. The molecule has 1 aliphatic rings. The van der Waals surface area contributed by atoms with Crippen LogP contribution in [0.3, 0.4) is 0 Å². The molecule has 0 spiro atoms. The van der Waals surface area contributed by atoms with Gasteiger partial charge < -0.3 is 9.64 Å². The van der Waals surface area contributed by atoms with Crippen molar-refractivity contribution in [2.45, 2.75) is 19.1 Å². The second-order valence-corrected chi connectivity index (χ2v) is 7.90. The molecule has 1 saturated heterocycles. The number of carbonyl (C=O) groups is 1. The van der Waals surface area contributed by atoms with E-state index in [-0.39, 0.29) is 16.5 Å². The van der Waals surface area contributed by atoms with Crippen LogP contribution in [0.1, 0.15) is 23.1 Å². The van der Waals surface area contributed by atoms with Gasteiger partial charge in [0.2, 0.25) is 5.91 Å². The van der Waals surface area contributed by atoms with E-state index in [4.69, 9.17) is 16.3 Å². The molecule has 0 N–H and O–H groups in total. The van der Waals surface area contributed by atoms with Gasteiger partial charge >= 0.3 is 6.18 Å². The van der Waals surface area contributed by atoms with Gasteiger partial charge in [0.1, 0.15) is 0 Å². The Hall–Kier alpha value is -2.42. The van der Waals surface area contributed by atoms with Gasteiger partial charge in [-0.3, -0.25) is 14.7 Å². The van der Waals surface area contributed by atoms with Crippen LogP contribution in [0.25, 0.3) is 6.08 Å². The van der Waals surface area contributed by atoms with E-state index in [1.54, 1.807) is 17.3 Å². The van der Waals surface area contributed by atoms with Gasteiger partial charge in [-0.2, -0.15) is 13.2 Å². The first-order valence-electron chi connectivity index (χ1n) is 10.4. The predicted molar refractivity (Wildman–Crippen MR) is 117 cm³/mol. The summed E-state index contributed by atoms with van der Waals surface area (Å²) in [7, 11) is 0. The molecule has 1 aliphatic heterocycles. The Balaban J connectivity index is 1.68. The quantitative estimate of drug-likeness (QED) is 0.536. The highest BCUT2D eigenvalue weighted by molar-refractivity contribution is 6.31. The van der Waals surface area contributed by atoms with Crippen LogP contribution < -0.4 is 0 Å². The topological polar surface area (TPSA) is 45.7 Å². The maximum absolute atomic E-state index is 13.1. The van der Waals surface area contributed by atoms with Gasteiger partial charge in [-0.15, -0.1) is 0 Å². The summed E-state index contributed by atoms with van der Waals surface area (Å²) in [5.74, 6) is -0.271. The molecule has 1 aromatic carbocycles. The number of pyridine rings is 1. The molecular weight excluding hydrogens is 443 g/mol. The minimum atomic E-state index is -4.56. The van der Waals surface area contributed by atoms with Gasteiger partial charge in [0.05, 0.1) is 23.8 Å². The van der Waals surface area contributed by atoms with Gasteiger partial charge in [0.15, 0.2) is 0 Å². The van der Waals surface area contributed by atoms with E-state index in [1.807, 2.05) is 12.1 Å². The minimum absolute atomic E-state index is 0.257. The summed E-state index contributed by atoms with van der Waals surface area (Å²) in [6.07, 6.45) is 2.23. The van der Waals surface area contributed by atoms with Crippen LogP contribution in [-0.4, -0.2) is 60.1 Å². The van der Waals surface area contributed by atoms with Crippen LogP contribution in [0.4, 0.5) is 13.2 Å². The molecule has 2 aromatic rings. The Bertz CT molecular complexity index is 916. The van der Waals surface area contributed by atoms with E-state index in [9.17, 15) is 18.0 Å². The first-order chi connectivity index (χ1) is 15.3. The summed E-state index contributed by atoms with van der Waals surface area (Å²) in [6.45, 7) is 4.93. The van der Waals surface area contributed by atoms with E-state index >= 15 is 0 Å². The lowest BCUT2D eigenvalue weighted by molar-refractivity contribution is -0.137. The molecule has 0 radical (unpaired) electrons. The number of carbonyl (C=O) groups excluding carboxylic acids is 1. The van der Waals surface area contributed by atoms with Crippen LogP contribution in [0.5, 0.6) is 0 Å². The molecule has 0 saturated carbocycles. The number of hydrogen-bond donors (Lipinski definition) is 0. The number of alkyl halides is 3. The lowest BCUT2D eigenvalue weighted by atomic mass is 10.1. The molecule has 5 nitrogen and oxygen atoms in total. The van der Waals surface area contributed by atoms with Crippen molar-refractivity contribution in [3.63, 3.8) is 0 Å². The summed E-state index contributed by atoms with van der Waals surface area (Å²) in [5.41, 5.74) is 0.263. The standard InChI is InChI=1S/C23H25ClF3N3O2/c24-21-4-2-18(16-20(21)23(25,26)27)3-5-22(31)30(17-19-6-8-28-9-7-19)11-1-10-29-12-14-32-15-13-29/h2-9,16H,1,10-15,17H2/b5-3-. The molecule has 0 atom stereocenters. The molecule has 1 aromatic heterocycles. The molecule has 172 valence electrons. The SMILES string of the molecule is O=C(/C=C\c1ccc(Cl)c(C(F)(F)F)c1)N(CCCN1CCOCC1)Cc1ccncc1. The number of benzene rings is 1. The highest BCUT2D eigenvalue weighted by atomic mass is 35.5. The Labute approximate surface area is 190 Å². The van der Waals surface area contributed by atoms with Gasteiger partial charge in [-0.05, 0) is 47.9 Å². The van der Waals surface area contributed by atoms with Gasteiger partial charge in [0, 0.05) is 51.2 Å². The van der Waals surface area contributed by atoms with Crippen molar-refractivity contribution in [2.75, 3.05) is 39.4 Å². The van der Waals surface area contributed by atoms with E-state index in [2.05, 4.69) is 9.88 Å². The fourth-order valence-corrected chi connectivity index (χ4v) is 3.65. The zero-order valence-corrected chi connectivity index (χ0v) is 18.3. The molecule has 3 rings (SSSR count). The van der Waals surface area contributed by atoms with Crippen molar-refractivity contribution in [3.8, 4) is 0 Å². The smallest absolute Gasteiger partial charge is 0.379 e. The number of hydrogen-bond acceptors (Lipinski definition) is 4. The van der Waals surface area contributed by atoms with Crippen LogP contribution in [0.15, 0.2) is 48.8 Å². The van der Waals surface area contributed by atoms with E-state index < -0.39 is 11.7 Å². The Morgan fingerprint density at radius 3 is 2.59 bits per heavy atom. The number of morpholine rings is 1. The zero-order chi connectivity index (χ0) is 23.0. The number of ether oxygens (including phenoxy) is 1. The molecule has 1 amide bonds. The normalized spacial score (nSPS) is 15.2. The minimum Gasteiger partial charge on any atom is -0.379 e. The van der Waals surface area contributed by atoms with Gasteiger partial charge in [-0.1, -0.05) is 17.7 Å². The molecule has 0 bridgehead atoms. The average molecular weight is 468 g/mol. The van der Waals surface area contributed by atoms with Crippen molar-refractivity contribution in [1.29, 1.82) is 0 Å². The largest absolute Gasteiger partial charge is 0.417 e. The molecule has 0 aliphatic carbocycles. The van der Waals surface area contributed by atoms with Crippen molar-refractivity contribution >= 4 is 23.6 Å². The first kappa shape index (κ1) is 24.2. The third-order valence-electron chi connectivity index (χ3n) is 5.15. The van der Waals surface area contributed by atoms with Crippen molar-refractivity contribution in [2.24, 2.45) is 0 Å². The highest BCUT2D eigenvalue weighted by Gasteiger charge is 2.33. The Morgan fingerprint density at radius 1 is 1.19 bits per heavy atom. The van der Waals surface area contributed by atoms with E-state index in [0.29, 0.717) is 26.3 Å². The van der Waals surface area contributed by atoms with E-state index in [0.717, 1.165) is 37.7 Å². The summed E-state index contributed by atoms with van der Waals surface area (Å²) in [4.78, 5) is 20.9. The fraction of sp³-hybridized carbons (Fsp3) is 0.391. The third kappa shape index (κ3) is 7.32.